The minimum Gasteiger partial charge on any atom is -0.393 e. The number of rotatable bonds is 0. The predicted octanol–water partition coefficient (Wildman–Crippen LogP) is 3.00. The van der Waals surface area contributed by atoms with Crippen LogP contribution in [-0.2, 0) is 0 Å². The Morgan fingerprint density at radius 1 is 0.857 bits per heavy atom. The van der Waals surface area contributed by atoms with Gasteiger partial charge in [0.1, 0.15) is 0 Å². The maximum atomic E-state index is 10.5. The largest absolute Gasteiger partial charge is 0.393 e. The van der Waals surface area contributed by atoms with E-state index in [4.69, 9.17) is 0 Å². The summed E-state index contributed by atoms with van der Waals surface area (Å²) in [4.78, 5) is 0. The molecule has 4 rings (SSSR count). The normalized spacial score (nSPS) is 60.0. The van der Waals surface area contributed by atoms with Gasteiger partial charge in [0.05, 0.1) is 12.1 Å². The van der Waals surface area contributed by atoms with E-state index in [-0.39, 0.29) is 11.5 Å². The fourth-order valence-corrected chi connectivity index (χ4v) is 7.32. The summed E-state index contributed by atoms with van der Waals surface area (Å²) in [6, 6.07) is 0.710. The van der Waals surface area contributed by atoms with Crippen molar-refractivity contribution in [1.29, 1.82) is 0 Å². The molecular weight excluding hydrogens is 258 g/mol. The van der Waals surface area contributed by atoms with Crippen molar-refractivity contribution < 1.29 is 10.8 Å². The molecule has 4 aliphatic carbocycles. The lowest BCUT2D eigenvalue weighted by Gasteiger charge is -2.60. The van der Waals surface area contributed by atoms with Crippen molar-refractivity contribution >= 4 is 0 Å². The Bertz CT molecular complexity index is 424. The minimum absolute atomic E-state index is 0.0236. The Kier molecular flexibility index (Phi) is 3.25. The van der Waals surface area contributed by atoms with Crippen molar-refractivity contribution in [3.8, 4) is 0 Å². The molecular formula is C19H34NO+. The molecule has 4 saturated carbocycles. The minimum atomic E-state index is -0.0236. The van der Waals surface area contributed by atoms with Crippen LogP contribution in [0.2, 0.25) is 0 Å². The van der Waals surface area contributed by atoms with Crippen LogP contribution < -0.4 is 5.73 Å². The van der Waals surface area contributed by atoms with Gasteiger partial charge in [-0.25, -0.2) is 0 Å². The summed E-state index contributed by atoms with van der Waals surface area (Å²) in [5, 5.41) is 10.5. The van der Waals surface area contributed by atoms with Crippen molar-refractivity contribution in [3.05, 3.63) is 0 Å². The van der Waals surface area contributed by atoms with Crippen molar-refractivity contribution in [1.82, 2.24) is 0 Å². The fourth-order valence-electron chi connectivity index (χ4n) is 7.32. The van der Waals surface area contributed by atoms with Crippen LogP contribution in [0.25, 0.3) is 0 Å². The molecule has 0 radical (unpaired) electrons. The molecule has 2 heteroatoms. The molecule has 0 unspecified atom stereocenters. The van der Waals surface area contributed by atoms with Gasteiger partial charge in [-0.1, -0.05) is 13.8 Å². The summed E-state index contributed by atoms with van der Waals surface area (Å²) in [5.41, 5.74) is 5.20. The molecule has 4 fully saturated rings. The zero-order valence-corrected chi connectivity index (χ0v) is 14.0. The molecule has 8 atom stereocenters. The van der Waals surface area contributed by atoms with Crippen LogP contribution in [0, 0.1) is 34.5 Å². The van der Waals surface area contributed by atoms with Crippen molar-refractivity contribution in [3.63, 3.8) is 0 Å². The molecule has 2 nitrogen and oxygen atoms in total. The first-order valence-corrected chi connectivity index (χ1v) is 9.46. The second kappa shape index (κ2) is 4.71. The highest BCUT2D eigenvalue weighted by Gasteiger charge is 2.60. The summed E-state index contributed by atoms with van der Waals surface area (Å²) in [5.74, 6) is 3.59. The van der Waals surface area contributed by atoms with Crippen molar-refractivity contribution in [2.45, 2.75) is 83.8 Å². The number of aliphatic hydroxyl groups excluding tert-OH is 1. The van der Waals surface area contributed by atoms with Crippen LogP contribution in [0.4, 0.5) is 0 Å². The van der Waals surface area contributed by atoms with E-state index in [0.29, 0.717) is 11.5 Å². The average Bonchev–Trinajstić information content (AvgIpc) is 2.76. The highest BCUT2D eigenvalue weighted by Crippen LogP contribution is 2.65. The van der Waals surface area contributed by atoms with Gasteiger partial charge in [-0.2, -0.15) is 0 Å². The van der Waals surface area contributed by atoms with Gasteiger partial charge in [0.2, 0.25) is 0 Å². The monoisotopic (exact) mass is 292 g/mol. The van der Waals surface area contributed by atoms with E-state index in [1.54, 1.807) is 0 Å². The molecule has 0 aromatic heterocycles. The molecule has 0 aliphatic heterocycles. The van der Waals surface area contributed by atoms with E-state index in [1.165, 1.54) is 51.4 Å². The molecule has 0 bridgehead atoms. The molecule has 0 saturated heterocycles. The topological polar surface area (TPSA) is 47.9 Å². The van der Waals surface area contributed by atoms with E-state index in [0.717, 1.165) is 30.1 Å². The maximum absolute atomic E-state index is 10.5. The van der Waals surface area contributed by atoms with E-state index < -0.39 is 0 Å². The standard InChI is InChI=1S/C19H33NO/c1-18-9-7-13(20)11-12(18)3-4-14-15-5-6-17(21)19(15,2)10-8-16(14)18/h12-17,21H,3-11,20H2,1-2H3/p+1/t12-,13+,14-,15+,16+,17+,18-,19-/m0/s1. The van der Waals surface area contributed by atoms with Crippen LogP contribution in [0.5, 0.6) is 0 Å². The summed E-state index contributed by atoms with van der Waals surface area (Å²) in [6.45, 7) is 5.02. The summed E-state index contributed by atoms with van der Waals surface area (Å²) < 4.78 is 0. The number of hydrogen-bond donors (Lipinski definition) is 2. The second-order valence-electron chi connectivity index (χ2n) is 9.43. The van der Waals surface area contributed by atoms with Crippen LogP contribution in [0.15, 0.2) is 0 Å². The molecule has 4 aliphatic rings. The summed E-state index contributed by atoms with van der Waals surface area (Å²) in [7, 11) is 0. The van der Waals surface area contributed by atoms with E-state index in [9.17, 15) is 5.11 Å². The number of hydrogen-bond acceptors (Lipinski definition) is 1. The lowest BCUT2D eigenvalue weighted by molar-refractivity contribution is -0.433. The number of aliphatic hydroxyl groups is 1. The van der Waals surface area contributed by atoms with Crippen LogP contribution >= 0.6 is 0 Å². The first-order valence-electron chi connectivity index (χ1n) is 9.46. The van der Waals surface area contributed by atoms with Gasteiger partial charge in [-0.15, -0.1) is 0 Å². The van der Waals surface area contributed by atoms with Gasteiger partial charge in [0.15, 0.2) is 0 Å². The summed E-state index contributed by atoms with van der Waals surface area (Å²) >= 11 is 0. The second-order valence-corrected chi connectivity index (χ2v) is 9.43. The molecule has 4 N–H and O–H groups in total. The quantitative estimate of drug-likeness (QED) is 0.708. The van der Waals surface area contributed by atoms with Crippen LogP contribution in [-0.4, -0.2) is 17.3 Å². The zero-order chi connectivity index (χ0) is 14.8. The Morgan fingerprint density at radius 3 is 2.38 bits per heavy atom. The molecule has 21 heavy (non-hydrogen) atoms. The first kappa shape index (κ1) is 14.5. The van der Waals surface area contributed by atoms with Crippen LogP contribution in [0.1, 0.15) is 71.6 Å². The molecule has 120 valence electrons. The molecule has 0 spiro atoms. The van der Waals surface area contributed by atoms with Gasteiger partial charge in [0.25, 0.3) is 0 Å². The fraction of sp³-hybridized carbons (Fsp3) is 1.00. The average molecular weight is 292 g/mol. The van der Waals surface area contributed by atoms with E-state index >= 15 is 0 Å². The Labute approximate surface area is 129 Å². The highest BCUT2D eigenvalue weighted by molar-refractivity contribution is 5.09. The lowest BCUT2D eigenvalue weighted by atomic mass is 9.45. The van der Waals surface area contributed by atoms with Gasteiger partial charge in [-0.05, 0) is 85.9 Å². The predicted molar refractivity (Wildman–Crippen MR) is 84.4 cm³/mol. The van der Waals surface area contributed by atoms with E-state index in [1.807, 2.05) is 0 Å². The maximum Gasteiger partial charge on any atom is 0.0846 e. The zero-order valence-electron chi connectivity index (χ0n) is 14.0. The van der Waals surface area contributed by atoms with Crippen molar-refractivity contribution in [2.75, 3.05) is 0 Å². The van der Waals surface area contributed by atoms with Crippen LogP contribution in [0.3, 0.4) is 0 Å². The third-order valence-electron chi connectivity index (χ3n) is 8.72. The van der Waals surface area contributed by atoms with E-state index in [2.05, 4.69) is 19.6 Å². The Hall–Kier alpha value is -0.0800. The van der Waals surface area contributed by atoms with Gasteiger partial charge < -0.3 is 10.8 Å². The smallest absolute Gasteiger partial charge is 0.0846 e. The lowest BCUT2D eigenvalue weighted by Crippen LogP contribution is -2.65. The summed E-state index contributed by atoms with van der Waals surface area (Å²) in [6.07, 6.45) is 12.0. The van der Waals surface area contributed by atoms with Gasteiger partial charge in [0, 0.05) is 6.42 Å². The third kappa shape index (κ3) is 1.91. The van der Waals surface area contributed by atoms with Gasteiger partial charge >= 0.3 is 0 Å². The Morgan fingerprint density at radius 2 is 1.57 bits per heavy atom. The number of quaternary nitrogens is 1. The number of fused-ring (bicyclic) bond motifs is 5. The van der Waals surface area contributed by atoms with Crippen molar-refractivity contribution in [2.24, 2.45) is 34.5 Å². The van der Waals surface area contributed by atoms with Gasteiger partial charge in [-0.3, -0.25) is 0 Å². The molecule has 0 aromatic rings. The molecule has 0 heterocycles. The SMILES string of the molecule is C[C@]12CC[C@@H]([NH3+])C[C@@H]1CC[C@@H]1[C@H]2CC[C@]2(C)[C@H](O)CC[C@H]12. The highest BCUT2D eigenvalue weighted by atomic mass is 16.3. The Balaban J connectivity index is 1.62. The first-order chi connectivity index (χ1) is 9.95. The third-order valence-corrected chi connectivity index (χ3v) is 8.72. The molecule has 0 amide bonds. The molecule has 0 aromatic carbocycles.